The molecule has 0 spiro atoms. The van der Waals surface area contributed by atoms with Gasteiger partial charge in [0, 0.05) is 26.7 Å². The number of aryl methyl sites for hydroxylation is 2. The average molecular weight is 252 g/mol. The number of aromatic nitrogens is 2. The number of morpholine rings is 1. The summed E-state index contributed by atoms with van der Waals surface area (Å²) in [5.41, 5.74) is 3.49. The Hall–Kier alpha value is -1.07. The van der Waals surface area contributed by atoms with Crippen LogP contribution in [0.3, 0.4) is 0 Å². The van der Waals surface area contributed by atoms with Crippen molar-refractivity contribution in [1.29, 1.82) is 0 Å². The predicted octanol–water partition coefficient (Wildman–Crippen LogP) is 1.17. The normalized spacial score (nSPS) is 17.1. The fourth-order valence-electron chi connectivity index (χ4n) is 2.37. The largest absolute Gasteiger partial charge is 0.382 e. The van der Waals surface area contributed by atoms with Gasteiger partial charge in [-0.3, -0.25) is 9.58 Å². The summed E-state index contributed by atoms with van der Waals surface area (Å²) in [5, 5.41) is 7.91. The fraction of sp³-hybridized carbons (Fsp3) is 0.769. The first kappa shape index (κ1) is 13.4. The summed E-state index contributed by atoms with van der Waals surface area (Å²) in [6.07, 6.45) is 1.16. The number of anilines is 1. The van der Waals surface area contributed by atoms with E-state index >= 15 is 0 Å². The predicted molar refractivity (Wildman–Crippen MR) is 73.0 cm³/mol. The van der Waals surface area contributed by atoms with Crippen LogP contribution in [0.25, 0.3) is 0 Å². The van der Waals surface area contributed by atoms with Crippen LogP contribution in [-0.4, -0.2) is 54.1 Å². The molecule has 0 amide bonds. The molecule has 1 aliphatic heterocycles. The van der Waals surface area contributed by atoms with E-state index in [1.165, 1.54) is 11.4 Å². The molecule has 0 radical (unpaired) electrons. The maximum Gasteiger partial charge on any atom is 0.0827 e. The number of nitrogens with one attached hydrogen (secondary N) is 1. The maximum atomic E-state index is 5.34. The van der Waals surface area contributed by atoms with Crippen molar-refractivity contribution >= 4 is 5.69 Å². The second-order valence-corrected chi connectivity index (χ2v) is 4.90. The van der Waals surface area contributed by atoms with Gasteiger partial charge in [-0.15, -0.1) is 0 Å². The van der Waals surface area contributed by atoms with Crippen LogP contribution in [0.1, 0.15) is 17.8 Å². The van der Waals surface area contributed by atoms with E-state index in [1.54, 1.807) is 0 Å². The fourth-order valence-corrected chi connectivity index (χ4v) is 2.37. The lowest BCUT2D eigenvalue weighted by Crippen LogP contribution is -2.37. The van der Waals surface area contributed by atoms with Crippen molar-refractivity contribution in [3.05, 3.63) is 11.4 Å². The number of hydrogen-bond donors (Lipinski definition) is 1. The SMILES string of the molecule is Cc1nn(C)c(C)c1NCCCN1CCOCC1. The average Bonchev–Trinajstić information content (AvgIpc) is 2.61. The minimum atomic E-state index is 0.883. The molecule has 102 valence electrons. The van der Waals surface area contributed by atoms with E-state index in [-0.39, 0.29) is 0 Å². The van der Waals surface area contributed by atoms with E-state index < -0.39 is 0 Å². The van der Waals surface area contributed by atoms with Crippen LogP contribution in [0, 0.1) is 13.8 Å². The lowest BCUT2D eigenvalue weighted by atomic mass is 10.3. The molecule has 1 aromatic heterocycles. The standard InChI is InChI=1S/C13H24N4O/c1-11-13(12(2)16(3)15-11)14-5-4-6-17-7-9-18-10-8-17/h14H,4-10H2,1-3H3. The monoisotopic (exact) mass is 252 g/mol. The maximum absolute atomic E-state index is 5.34. The van der Waals surface area contributed by atoms with Crippen LogP contribution < -0.4 is 5.32 Å². The van der Waals surface area contributed by atoms with Gasteiger partial charge < -0.3 is 10.1 Å². The zero-order valence-corrected chi connectivity index (χ0v) is 11.7. The molecule has 18 heavy (non-hydrogen) atoms. The van der Waals surface area contributed by atoms with E-state index in [0.29, 0.717) is 0 Å². The zero-order chi connectivity index (χ0) is 13.0. The third-order valence-electron chi connectivity index (χ3n) is 3.57. The Morgan fingerprint density at radius 3 is 2.61 bits per heavy atom. The highest BCUT2D eigenvalue weighted by Crippen LogP contribution is 2.17. The van der Waals surface area contributed by atoms with Crippen molar-refractivity contribution in [2.75, 3.05) is 44.7 Å². The third-order valence-corrected chi connectivity index (χ3v) is 3.57. The molecule has 0 atom stereocenters. The molecule has 5 nitrogen and oxygen atoms in total. The number of rotatable bonds is 5. The van der Waals surface area contributed by atoms with Crippen LogP contribution >= 0.6 is 0 Å². The van der Waals surface area contributed by atoms with Crippen LogP contribution in [0.5, 0.6) is 0 Å². The van der Waals surface area contributed by atoms with Crippen molar-refractivity contribution < 1.29 is 4.74 Å². The summed E-state index contributed by atoms with van der Waals surface area (Å²) in [6.45, 7) is 10.2. The first-order chi connectivity index (χ1) is 8.68. The van der Waals surface area contributed by atoms with Gasteiger partial charge in [-0.2, -0.15) is 5.10 Å². The Morgan fingerprint density at radius 2 is 2.00 bits per heavy atom. The lowest BCUT2D eigenvalue weighted by molar-refractivity contribution is 0.0378. The first-order valence-electron chi connectivity index (χ1n) is 6.72. The zero-order valence-electron chi connectivity index (χ0n) is 11.7. The van der Waals surface area contributed by atoms with Crippen LogP contribution in [0.4, 0.5) is 5.69 Å². The topological polar surface area (TPSA) is 42.3 Å². The quantitative estimate of drug-likeness (QED) is 0.799. The molecule has 0 aromatic carbocycles. The molecule has 0 bridgehead atoms. The minimum Gasteiger partial charge on any atom is -0.382 e. The van der Waals surface area contributed by atoms with Gasteiger partial charge in [0.15, 0.2) is 0 Å². The molecule has 0 aliphatic carbocycles. The molecule has 1 saturated heterocycles. The summed E-state index contributed by atoms with van der Waals surface area (Å²) >= 11 is 0. The molecule has 1 N–H and O–H groups in total. The Balaban J connectivity index is 1.71. The molecule has 1 fully saturated rings. The van der Waals surface area contributed by atoms with Crippen molar-refractivity contribution in [3.8, 4) is 0 Å². The molecular weight excluding hydrogens is 228 g/mol. The van der Waals surface area contributed by atoms with Crippen molar-refractivity contribution in [3.63, 3.8) is 0 Å². The molecule has 2 rings (SSSR count). The first-order valence-corrected chi connectivity index (χ1v) is 6.72. The van der Waals surface area contributed by atoms with Crippen molar-refractivity contribution in [2.45, 2.75) is 20.3 Å². The van der Waals surface area contributed by atoms with E-state index in [9.17, 15) is 0 Å². The van der Waals surface area contributed by atoms with Gasteiger partial charge in [0.2, 0.25) is 0 Å². The number of hydrogen-bond acceptors (Lipinski definition) is 4. The molecule has 1 aliphatic rings. The van der Waals surface area contributed by atoms with Crippen LogP contribution in [0.15, 0.2) is 0 Å². The van der Waals surface area contributed by atoms with Gasteiger partial charge in [0.1, 0.15) is 0 Å². The van der Waals surface area contributed by atoms with E-state index in [1.807, 2.05) is 11.7 Å². The number of nitrogens with zero attached hydrogens (tertiary/aromatic N) is 3. The lowest BCUT2D eigenvalue weighted by Gasteiger charge is -2.26. The van der Waals surface area contributed by atoms with Crippen molar-refractivity contribution in [1.82, 2.24) is 14.7 Å². The summed E-state index contributed by atoms with van der Waals surface area (Å²) in [4.78, 5) is 2.47. The molecular formula is C13H24N4O. The van der Waals surface area contributed by atoms with E-state index in [4.69, 9.17) is 4.74 Å². The molecule has 2 heterocycles. The van der Waals surface area contributed by atoms with E-state index in [2.05, 4.69) is 29.2 Å². The number of ether oxygens (including phenoxy) is 1. The smallest absolute Gasteiger partial charge is 0.0827 e. The van der Waals surface area contributed by atoms with Gasteiger partial charge in [0.05, 0.1) is 30.3 Å². The van der Waals surface area contributed by atoms with Crippen molar-refractivity contribution in [2.24, 2.45) is 7.05 Å². The second-order valence-electron chi connectivity index (χ2n) is 4.90. The highest BCUT2D eigenvalue weighted by molar-refractivity contribution is 5.51. The van der Waals surface area contributed by atoms with Gasteiger partial charge >= 0.3 is 0 Å². The molecule has 5 heteroatoms. The highest BCUT2D eigenvalue weighted by Gasteiger charge is 2.10. The van der Waals surface area contributed by atoms with Crippen LogP contribution in [-0.2, 0) is 11.8 Å². The molecule has 0 saturated carbocycles. The summed E-state index contributed by atoms with van der Waals surface area (Å²) in [7, 11) is 1.99. The highest BCUT2D eigenvalue weighted by atomic mass is 16.5. The second kappa shape index (κ2) is 6.20. The Bertz CT molecular complexity index is 383. The van der Waals surface area contributed by atoms with Gasteiger partial charge in [0.25, 0.3) is 0 Å². The Labute approximate surface area is 109 Å². The molecule has 1 aromatic rings. The summed E-state index contributed by atoms with van der Waals surface area (Å²) in [6, 6.07) is 0. The minimum absolute atomic E-state index is 0.883. The van der Waals surface area contributed by atoms with Gasteiger partial charge in [-0.25, -0.2) is 0 Å². The molecule has 0 unspecified atom stereocenters. The van der Waals surface area contributed by atoms with E-state index in [0.717, 1.165) is 51.5 Å². The van der Waals surface area contributed by atoms with Gasteiger partial charge in [-0.05, 0) is 26.8 Å². The Kier molecular flexibility index (Phi) is 4.60. The third kappa shape index (κ3) is 3.23. The van der Waals surface area contributed by atoms with Gasteiger partial charge in [-0.1, -0.05) is 0 Å². The summed E-state index contributed by atoms with van der Waals surface area (Å²) in [5.74, 6) is 0. The van der Waals surface area contributed by atoms with Crippen LogP contribution in [0.2, 0.25) is 0 Å². The summed E-state index contributed by atoms with van der Waals surface area (Å²) < 4.78 is 7.27. The Morgan fingerprint density at radius 1 is 1.28 bits per heavy atom.